The van der Waals surface area contributed by atoms with Crippen LogP contribution in [0.2, 0.25) is 5.02 Å². The minimum Gasteiger partial charge on any atom is -0.368 e. The zero-order valence-corrected chi connectivity index (χ0v) is 13.9. The van der Waals surface area contributed by atoms with E-state index >= 15 is 0 Å². The fraction of sp³-hybridized carbons (Fsp3) is 0.400. The van der Waals surface area contributed by atoms with Crippen LogP contribution >= 0.6 is 11.6 Å². The number of nitrogens with one attached hydrogen (secondary N) is 1. The average molecular weight is 340 g/mol. The minimum absolute atomic E-state index is 0.168. The third-order valence-corrected chi connectivity index (χ3v) is 5.91. The molecular formula is C15H18ClN3O2S. The van der Waals surface area contributed by atoms with Crippen LogP contribution in [0.3, 0.4) is 0 Å². The van der Waals surface area contributed by atoms with E-state index in [1.807, 2.05) is 41.9 Å². The molecule has 0 radical (unpaired) electrons. The Morgan fingerprint density at radius 1 is 1.41 bits per heavy atom. The molecule has 2 heterocycles. The first-order valence-corrected chi connectivity index (χ1v) is 9.40. The SMILES string of the molecule is Cc1cc(NCC2CCS(=O)(=O)C2)nn1-c1cccc(Cl)c1. The number of anilines is 1. The van der Waals surface area contributed by atoms with Gasteiger partial charge in [-0.15, -0.1) is 0 Å². The third-order valence-electron chi connectivity index (χ3n) is 3.84. The van der Waals surface area contributed by atoms with Gasteiger partial charge in [0.1, 0.15) is 5.82 Å². The number of halogens is 1. The molecule has 0 bridgehead atoms. The maximum Gasteiger partial charge on any atom is 0.150 e. The molecule has 0 saturated carbocycles. The van der Waals surface area contributed by atoms with Crippen molar-refractivity contribution in [3.05, 3.63) is 41.0 Å². The van der Waals surface area contributed by atoms with Gasteiger partial charge in [0.2, 0.25) is 0 Å². The average Bonchev–Trinajstić information content (AvgIpc) is 2.99. The molecule has 1 aliphatic heterocycles. The standard InChI is InChI=1S/C15H18ClN3O2S/c1-11-7-15(17-9-12-5-6-22(20,21)10-12)18-19(11)14-4-2-3-13(16)8-14/h2-4,7-8,12H,5-6,9-10H2,1H3,(H,17,18). The van der Waals surface area contributed by atoms with Crippen molar-refractivity contribution >= 4 is 27.3 Å². The Labute approximate surface area is 135 Å². The zero-order chi connectivity index (χ0) is 15.7. The highest BCUT2D eigenvalue weighted by Gasteiger charge is 2.27. The first-order chi connectivity index (χ1) is 10.4. The summed E-state index contributed by atoms with van der Waals surface area (Å²) in [5, 5.41) is 8.42. The maximum atomic E-state index is 11.5. The molecular weight excluding hydrogens is 322 g/mol. The molecule has 5 nitrogen and oxygen atoms in total. The Kier molecular flexibility index (Phi) is 4.14. The van der Waals surface area contributed by atoms with E-state index in [1.54, 1.807) is 0 Å². The number of hydrogen-bond donors (Lipinski definition) is 1. The lowest BCUT2D eigenvalue weighted by Crippen LogP contribution is -2.16. The molecule has 0 spiro atoms. The van der Waals surface area contributed by atoms with E-state index in [0.29, 0.717) is 17.3 Å². The van der Waals surface area contributed by atoms with Crippen molar-refractivity contribution in [3.8, 4) is 5.69 Å². The smallest absolute Gasteiger partial charge is 0.150 e. The summed E-state index contributed by atoms with van der Waals surface area (Å²) in [5.41, 5.74) is 1.89. The Bertz CT molecular complexity index is 786. The van der Waals surface area contributed by atoms with Gasteiger partial charge < -0.3 is 5.32 Å². The molecule has 22 heavy (non-hydrogen) atoms. The molecule has 0 aliphatic carbocycles. The van der Waals surface area contributed by atoms with Crippen molar-refractivity contribution in [2.24, 2.45) is 5.92 Å². The Hall–Kier alpha value is -1.53. The number of benzene rings is 1. The van der Waals surface area contributed by atoms with Gasteiger partial charge in [-0.25, -0.2) is 13.1 Å². The molecule has 2 aromatic rings. The molecule has 118 valence electrons. The Morgan fingerprint density at radius 2 is 2.23 bits per heavy atom. The molecule has 1 unspecified atom stereocenters. The molecule has 1 atom stereocenters. The number of sulfone groups is 1. The summed E-state index contributed by atoms with van der Waals surface area (Å²) in [5.74, 6) is 1.49. The number of rotatable bonds is 4. The van der Waals surface area contributed by atoms with Gasteiger partial charge >= 0.3 is 0 Å². The number of aromatic nitrogens is 2. The van der Waals surface area contributed by atoms with E-state index in [2.05, 4.69) is 10.4 Å². The lowest BCUT2D eigenvalue weighted by molar-refractivity contribution is 0.595. The molecule has 3 rings (SSSR count). The molecule has 1 saturated heterocycles. The summed E-state index contributed by atoms with van der Waals surface area (Å²) in [4.78, 5) is 0. The van der Waals surface area contributed by atoms with Crippen molar-refractivity contribution in [2.75, 3.05) is 23.4 Å². The van der Waals surface area contributed by atoms with Gasteiger partial charge in [-0.3, -0.25) is 0 Å². The van der Waals surface area contributed by atoms with Crippen LogP contribution in [0.1, 0.15) is 12.1 Å². The topological polar surface area (TPSA) is 64.0 Å². The van der Waals surface area contributed by atoms with Crippen LogP contribution in [0, 0.1) is 12.8 Å². The van der Waals surface area contributed by atoms with Crippen LogP contribution in [0.4, 0.5) is 5.82 Å². The van der Waals surface area contributed by atoms with E-state index < -0.39 is 9.84 Å². The van der Waals surface area contributed by atoms with Gasteiger partial charge in [-0.2, -0.15) is 5.10 Å². The summed E-state index contributed by atoms with van der Waals surface area (Å²) in [7, 11) is -2.83. The van der Waals surface area contributed by atoms with Gasteiger partial charge in [-0.1, -0.05) is 17.7 Å². The van der Waals surface area contributed by atoms with E-state index in [9.17, 15) is 8.42 Å². The van der Waals surface area contributed by atoms with Crippen LogP contribution in [0.15, 0.2) is 30.3 Å². The molecule has 1 fully saturated rings. The van der Waals surface area contributed by atoms with Crippen molar-refractivity contribution in [1.29, 1.82) is 0 Å². The lowest BCUT2D eigenvalue weighted by atomic mass is 10.1. The van der Waals surface area contributed by atoms with Gasteiger partial charge in [0, 0.05) is 23.3 Å². The molecule has 1 aromatic carbocycles. The summed E-state index contributed by atoms with van der Waals surface area (Å²) in [6.45, 7) is 2.60. The number of hydrogen-bond acceptors (Lipinski definition) is 4. The molecule has 7 heteroatoms. The number of aryl methyl sites for hydroxylation is 1. The van der Waals surface area contributed by atoms with E-state index in [-0.39, 0.29) is 11.7 Å². The van der Waals surface area contributed by atoms with Crippen LogP contribution in [0.25, 0.3) is 5.69 Å². The molecule has 0 amide bonds. The van der Waals surface area contributed by atoms with Gasteiger partial charge in [0.15, 0.2) is 9.84 Å². The predicted molar refractivity (Wildman–Crippen MR) is 88.6 cm³/mol. The third kappa shape index (κ3) is 3.44. The first kappa shape index (κ1) is 15.4. The monoisotopic (exact) mass is 339 g/mol. The zero-order valence-electron chi connectivity index (χ0n) is 12.3. The summed E-state index contributed by atoms with van der Waals surface area (Å²) in [6, 6.07) is 9.46. The second-order valence-corrected chi connectivity index (χ2v) is 8.38. The molecule has 1 aromatic heterocycles. The van der Waals surface area contributed by atoms with Crippen LogP contribution < -0.4 is 5.32 Å². The predicted octanol–water partition coefficient (Wildman–Crippen LogP) is 2.68. The second kappa shape index (κ2) is 5.93. The van der Waals surface area contributed by atoms with Crippen LogP contribution in [-0.2, 0) is 9.84 Å². The van der Waals surface area contributed by atoms with Crippen LogP contribution in [0.5, 0.6) is 0 Å². The molecule has 1 aliphatic rings. The van der Waals surface area contributed by atoms with Gasteiger partial charge in [0.25, 0.3) is 0 Å². The van der Waals surface area contributed by atoms with E-state index in [1.165, 1.54) is 0 Å². The Morgan fingerprint density at radius 3 is 2.91 bits per heavy atom. The quantitative estimate of drug-likeness (QED) is 0.930. The fourth-order valence-electron chi connectivity index (χ4n) is 2.71. The maximum absolute atomic E-state index is 11.5. The lowest BCUT2D eigenvalue weighted by Gasteiger charge is -2.08. The summed E-state index contributed by atoms with van der Waals surface area (Å²) < 4.78 is 24.8. The highest BCUT2D eigenvalue weighted by atomic mass is 35.5. The van der Waals surface area contributed by atoms with Gasteiger partial charge in [-0.05, 0) is 37.5 Å². The largest absolute Gasteiger partial charge is 0.368 e. The van der Waals surface area contributed by atoms with Crippen molar-refractivity contribution in [2.45, 2.75) is 13.3 Å². The number of nitrogens with zero attached hydrogens (tertiary/aromatic N) is 2. The van der Waals surface area contributed by atoms with Gasteiger partial charge in [0.05, 0.1) is 17.2 Å². The summed E-state index contributed by atoms with van der Waals surface area (Å²) >= 11 is 6.01. The van der Waals surface area contributed by atoms with Crippen molar-refractivity contribution in [3.63, 3.8) is 0 Å². The van der Waals surface area contributed by atoms with Crippen molar-refractivity contribution in [1.82, 2.24) is 9.78 Å². The van der Waals surface area contributed by atoms with E-state index in [4.69, 9.17) is 11.6 Å². The summed E-state index contributed by atoms with van der Waals surface area (Å²) in [6.07, 6.45) is 0.726. The highest BCUT2D eigenvalue weighted by molar-refractivity contribution is 7.91. The molecule has 1 N–H and O–H groups in total. The van der Waals surface area contributed by atoms with E-state index in [0.717, 1.165) is 23.6 Å². The second-order valence-electron chi connectivity index (χ2n) is 5.71. The Balaban J connectivity index is 1.70. The van der Waals surface area contributed by atoms with Crippen LogP contribution in [-0.4, -0.2) is 36.2 Å². The first-order valence-electron chi connectivity index (χ1n) is 7.20. The highest BCUT2D eigenvalue weighted by Crippen LogP contribution is 2.21. The minimum atomic E-state index is -2.83. The van der Waals surface area contributed by atoms with Crippen molar-refractivity contribution < 1.29 is 8.42 Å². The normalized spacial score (nSPS) is 20.2. The fourth-order valence-corrected chi connectivity index (χ4v) is 4.76.